The molecule has 2 aromatic rings. The minimum absolute atomic E-state index is 0.0451. The third-order valence-electron chi connectivity index (χ3n) is 4.75. The lowest BCUT2D eigenvalue weighted by Crippen LogP contribution is -2.55. The highest BCUT2D eigenvalue weighted by Gasteiger charge is 2.31. The fourth-order valence-electron chi connectivity index (χ4n) is 3.22. The van der Waals surface area contributed by atoms with Crippen molar-refractivity contribution in [3.8, 4) is 0 Å². The molecule has 26 heavy (non-hydrogen) atoms. The van der Waals surface area contributed by atoms with Crippen molar-refractivity contribution < 1.29 is 14.3 Å². The molecule has 0 unspecified atom stereocenters. The maximum Gasteiger partial charge on any atom is 0.337 e. The Morgan fingerprint density at radius 3 is 2.54 bits per heavy atom. The summed E-state index contributed by atoms with van der Waals surface area (Å²) < 4.78 is 6.30. The average molecular weight is 357 g/mol. The molecule has 1 saturated heterocycles. The summed E-state index contributed by atoms with van der Waals surface area (Å²) in [5.74, 6) is -0.300. The SMILES string of the molecule is COC(=O)c1ccc(N2CCN(C(=O)[C@@H](C)n3cncn3)[C@H](C)C2)cc1. The molecule has 1 fully saturated rings. The van der Waals surface area contributed by atoms with Gasteiger partial charge in [-0.3, -0.25) is 4.79 Å². The van der Waals surface area contributed by atoms with Crippen molar-refractivity contribution in [1.29, 1.82) is 0 Å². The molecule has 1 amide bonds. The number of hydrogen-bond acceptors (Lipinski definition) is 6. The fraction of sp³-hybridized carbons (Fsp3) is 0.444. The van der Waals surface area contributed by atoms with Crippen LogP contribution in [0, 0.1) is 0 Å². The summed E-state index contributed by atoms with van der Waals surface area (Å²) in [6, 6.07) is 7.04. The Hall–Kier alpha value is -2.90. The first-order chi connectivity index (χ1) is 12.5. The number of carbonyl (C=O) groups is 2. The predicted molar refractivity (Wildman–Crippen MR) is 95.9 cm³/mol. The molecule has 0 bridgehead atoms. The predicted octanol–water partition coefficient (Wildman–Crippen LogP) is 1.36. The van der Waals surface area contributed by atoms with Gasteiger partial charge in [0.1, 0.15) is 18.7 Å². The van der Waals surface area contributed by atoms with Gasteiger partial charge in [0.05, 0.1) is 12.7 Å². The van der Waals surface area contributed by atoms with E-state index in [0.29, 0.717) is 12.1 Å². The van der Waals surface area contributed by atoms with Crippen LogP contribution in [0.5, 0.6) is 0 Å². The molecule has 1 aromatic carbocycles. The van der Waals surface area contributed by atoms with Crippen LogP contribution < -0.4 is 4.90 Å². The number of hydrogen-bond donors (Lipinski definition) is 0. The third-order valence-corrected chi connectivity index (χ3v) is 4.75. The quantitative estimate of drug-likeness (QED) is 0.769. The maximum atomic E-state index is 12.8. The number of ether oxygens (including phenoxy) is 1. The molecule has 0 radical (unpaired) electrons. The number of benzene rings is 1. The van der Waals surface area contributed by atoms with Gasteiger partial charge in [-0.05, 0) is 38.1 Å². The summed E-state index contributed by atoms with van der Waals surface area (Å²) >= 11 is 0. The van der Waals surface area contributed by atoms with Gasteiger partial charge in [-0.15, -0.1) is 0 Å². The third kappa shape index (κ3) is 3.54. The highest BCUT2D eigenvalue weighted by atomic mass is 16.5. The van der Waals surface area contributed by atoms with Gasteiger partial charge in [-0.2, -0.15) is 5.10 Å². The molecular weight excluding hydrogens is 334 g/mol. The smallest absolute Gasteiger partial charge is 0.337 e. The summed E-state index contributed by atoms with van der Waals surface area (Å²) in [7, 11) is 1.37. The lowest BCUT2D eigenvalue weighted by molar-refractivity contribution is -0.137. The van der Waals surface area contributed by atoms with Gasteiger partial charge in [0, 0.05) is 31.4 Å². The molecule has 8 nitrogen and oxygen atoms in total. The molecule has 2 heterocycles. The van der Waals surface area contributed by atoms with Gasteiger partial charge in [0.25, 0.3) is 0 Å². The van der Waals surface area contributed by atoms with Gasteiger partial charge in [0.2, 0.25) is 5.91 Å². The second kappa shape index (κ2) is 7.55. The highest BCUT2D eigenvalue weighted by Crippen LogP contribution is 2.22. The highest BCUT2D eigenvalue weighted by molar-refractivity contribution is 5.89. The van der Waals surface area contributed by atoms with E-state index in [9.17, 15) is 9.59 Å². The minimum atomic E-state index is -0.370. The zero-order valence-corrected chi connectivity index (χ0v) is 15.2. The van der Waals surface area contributed by atoms with E-state index in [1.54, 1.807) is 23.1 Å². The summed E-state index contributed by atoms with van der Waals surface area (Å²) in [6.07, 6.45) is 3.00. The van der Waals surface area contributed by atoms with Crippen LogP contribution >= 0.6 is 0 Å². The lowest BCUT2D eigenvalue weighted by atomic mass is 10.1. The molecule has 0 N–H and O–H groups in total. The van der Waals surface area contributed by atoms with Gasteiger partial charge in [-0.25, -0.2) is 14.5 Å². The Kier molecular flexibility index (Phi) is 5.20. The molecule has 1 aliphatic heterocycles. The Balaban J connectivity index is 1.64. The van der Waals surface area contributed by atoms with E-state index in [4.69, 9.17) is 4.74 Å². The van der Waals surface area contributed by atoms with Gasteiger partial charge < -0.3 is 14.5 Å². The number of piperazine rings is 1. The molecule has 0 saturated carbocycles. The zero-order chi connectivity index (χ0) is 18.7. The first-order valence-electron chi connectivity index (χ1n) is 8.59. The van der Waals surface area contributed by atoms with Crippen molar-refractivity contribution >= 4 is 17.6 Å². The molecule has 0 spiro atoms. The molecule has 138 valence electrons. The second-order valence-electron chi connectivity index (χ2n) is 6.42. The minimum Gasteiger partial charge on any atom is -0.465 e. The molecule has 0 aliphatic carbocycles. The molecule has 1 aliphatic rings. The average Bonchev–Trinajstić information content (AvgIpc) is 3.21. The van der Waals surface area contributed by atoms with Crippen LogP contribution in [-0.4, -0.2) is 64.3 Å². The number of rotatable bonds is 4. The van der Waals surface area contributed by atoms with Crippen molar-refractivity contribution in [2.75, 3.05) is 31.6 Å². The fourth-order valence-corrected chi connectivity index (χ4v) is 3.22. The van der Waals surface area contributed by atoms with Crippen LogP contribution in [0.3, 0.4) is 0 Å². The summed E-state index contributed by atoms with van der Waals surface area (Å²) in [6.45, 7) is 5.98. The maximum absolute atomic E-state index is 12.8. The standard InChI is InChI=1S/C18H23N5O3/c1-13-10-21(16-6-4-15(5-7-16)18(25)26-3)8-9-22(13)17(24)14(2)23-12-19-11-20-23/h4-7,11-14H,8-10H2,1-3H3/t13-,14-/m1/s1. The van der Waals surface area contributed by atoms with Gasteiger partial charge >= 0.3 is 5.97 Å². The Labute approximate surface area is 152 Å². The van der Waals surface area contributed by atoms with E-state index in [0.717, 1.165) is 18.8 Å². The molecule has 3 rings (SSSR count). The summed E-state index contributed by atoms with van der Waals surface area (Å²) in [5, 5.41) is 4.06. The molecular formula is C18H23N5O3. The van der Waals surface area contributed by atoms with Crippen LogP contribution in [0.25, 0.3) is 0 Å². The van der Waals surface area contributed by atoms with Crippen LogP contribution in [0.2, 0.25) is 0 Å². The van der Waals surface area contributed by atoms with E-state index >= 15 is 0 Å². The number of methoxy groups -OCH3 is 1. The van der Waals surface area contributed by atoms with E-state index in [-0.39, 0.29) is 24.0 Å². The second-order valence-corrected chi connectivity index (χ2v) is 6.42. The zero-order valence-electron chi connectivity index (χ0n) is 15.2. The first kappa shape index (κ1) is 17.9. The van der Waals surface area contributed by atoms with E-state index in [1.165, 1.54) is 13.4 Å². The largest absolute Gasteiger partial charge is 0.465 e. The van der Waals surface area contributed by atoms with Crippen molar-refractivity contribution in [3.05, 3.63) is 42.5 Å². The van der Waals surface area contributed by atoms with Crippen molar-refractivity contribution in [2.24, 2.45) is 0 Å². The summed E-state index contributed by atoms with van der Waals surface area (Å²) in [5.41, 5.74) is 1.56. The first-order valence-corrected chi connectivity index (χ1v) is 8.59. The number of aromatic nitrogens is 3. The lowest BCUT2D eigenvalue weighted by Gasteiger charge is -2.41. The van der Waals surface area contributed by atoms with E-state index < -0.39 is 0 Å². The number of nitrogens with zero attached hydrogens (tertiary/aromatic N) is 5. The summed E-state index contributed by atoms with van der Waals surface area (Å²) in [4.78, 5) is 32.3. The van der Waals surface area contributed by atoms with Crippen LogP contribution in [0.15, 0.2) is 36.9 Å². The Morgan fingerprint density at radius 1 is 1.23 bits per heavy atom. The number of amides is 1. The van der Waals surface area contributed by atoms with Crippen molar-refractivity contribution in [3.63, 3.8) is 0 Å². The monoisotopic (exact) mass is 357 g/mol. The van der Waals surface area contributed by atoms with E-state index in [2.05, 4.69) is 15.0 Å². The number of anilines is 1. The van der Waals surface area contributed by atoms with Crippen LogP contribution in [-0.2, 0) is 9.53 Å². The topological polar surface area (TPSA) is 80.6 Å². The molecule has 8 heteroatoms. The van der Waals surface area contributed by atoms with E-state index in [1.807, 2.05) is 30.9 Å². The van der Waals surface area contributed by atoms with Crippen molar-refractivity contribution in [1.82, 2.24) is 19.7 Å². The normalized spacial score (nSPS) is 18.5. The molecule has 1 aromatic heterocycles. The van der Waals surface area contributed by atoms with Gasteiger partial charge in [-0.1, -0.05) is 0 Å². The molecule has 2 atom stereocenters. The van der Waals surface area contributed by atoms with Crippen molar-refractivity contribution in [2.45, 2.75) is 25.9 Å². The number of esters is 1. The number of carbonyl (C=O) groups excluding carboxylic acids is 2. The van der Waals surface area contributed by atoms with Crippen LogP contribution in [0.1, 0.15) is 30.2 Å². The van der Waals surface area contributed by atoms with Crippen LogP contribution in [0.4, 0.5) is 5.69 Å². The van der Waals surface area contributed by atoms with Gasteiger partial charge in [0.15, 0.2) is 0 Å². The Morgan fingerprint density at radius 2 is 1.96 bits per heavy atom. The Bertz CT molecular complexity index is 760.